The Hall–Kier alpha value is -3.78. The van der Waals surface area contributed by atoms with Crippen molar-refractivity contribution in [2.24, 2.45) is 0 Å². The van der Waals surface area contributed by atoms with E-state index in [1.54, 1.807) is 53.8 Å². The molecular weight excluding hydrogens is 400 g/mol. The summed E-state index contributed by atoms with van der Waals surface area (Å²) >= 11 is 1.58. The van der Waals surface area contributed by atoms with Crippen LogP contribution in [0.5, 0.6) is 5.75 Å². The number of aromatic amines is 1. The number of hydrogen-bond donors (Lipinski definition) is 2. The molecule has 0 spiro atoms. The Morgan fingerprint density at radius 3 is 2.67 bits per heavy atom. The molecule has 0 aliphatic heterocycles. The van der Waals surface area contributed by atoms with Crippen molar-refractivity contribution in [1.29, 1.82) is 0 Å². The molecule has 0 aliphatic rings. The molecule has 2 aromatic heterocycles. The molecule has 0 bridgehead atoms. The van der Waals surface area contributed by atoms with Gasteiger partial charge >= 0.3 is 0 Å². The van der Waals surface area contributed by atoms with E-state index in [2.05, 4.69) is 20.5 Å². The van der Waals surface area contributed by atoms with Gasteiger partial charge in [0.05, 0.1) is 16.4 Å². The van der Waals surface area contributed by atoms with Gasteiger partial charge in [-0.3, -0.25) is 9.59 Å². The molecule has 4 aromatic rings. The van der Waals surface area contributed by atoms with Gasteiger partial charge in [-0.2, -0.15) is 5.10 Å². The molecule has 8 heteroatoms. The monoisotopic (exact) mass is 418 g/mol. The van der Waals surface area contributed by atoms with Gasteiger partial charge in [-0.05, 0) is 49.4 Å². The van der Waals surface area contributed by atoms with Crippen LogP contribution in [0.1, 0.15) is 21.1 Å². The fourth-order valence-corrected chi connectivity index (χ4v) is 3.40. The molecule has 0 unspecified atom stereocenters. The summed E-state index contributed by atoms with van der Waals surface area (Å²) in [7, 11) is 0. The normalized spacial score (nSPS) is 10.6. The number of anilines is 1. The summed E-state index contributed by atoms with van der Waals surface area (Å²) in [4.78, 5) is 28.1. The molecule has 0 saturated heterocycles. The van der Waals surface area contributed by atoms with Crippen molar-refractivity contribution >= 4 is 22.9 Å². The van der Waals surface area contributed by atoms with Gasteiger partial charge in [0, 0.05) is 28.3 Å². The minimum Gasteiger partial charge on any atom is -0.487 e. The highest BCUT2D eigenvalue weighted by atomic mass is 32.1. The minimum atomic E-state index is -0.266. The number of hydrogen-bond acceptors (Lipinski definition) is 6. The van der Waals surface area contributed by atoms with Gasteiger partial charge in [0.15, 0.2) is 0 Å². The van der Waals surface area contributed by atoms with Crippen LogP contribution in [0.3, 0.4) is 0 Å². The number of carbonyl (C=O) groups is 1. The lowest BCUT2D eigenvalue weighted by Gasteiger charge is -2.08. The van der Waals surface area contributed by atoms with E-state index in [9.17, 15) is 9.59 Å². The molecule has 0 atom stereocenters. The maximum atomic E-state index is 12.6. The van der Waals surface area contributed by atoms with Crippen molar-refractivity contribution in [3.05, 3.63) is 92.7 Å². The van der Waals surface area contributed by atoms with Crippen LogP contribution >= 0.6 is 11.3 Å². The van der Waals surface area contributed by atoms with Crippen molar-refractivity contribution in [2.75, 3.05) is 5.32 Å². The first-order chi connectivity index (χ1) is 14.6. The molecule has 7 nitrogen and oxygen atoms in total. The van der Waals surface area contributed by atoms with Gasteiger partial charge < -0.3 is 10.1 Å². The first-order valence-corrected chi connectivity index (χ1v) is 10.1. The van der Waals surface area contributed by atoms with E-state index in [4.69, 9.17) is 4.74 Å². The Kier molecular flexibility index (Phi) is 5.67. The summed E-state index contributed by atoms with van der Waals surface area (Å²) in [5, 5.41) is 12.3. The Bertz CT molecular complexity index is 1210. The lowest BCUT2D eigenvalue weighted by Crippen LogP contribution is -2.12. The molecule has 0 aliphatic carbocycles. The molecule has 0 fully saturated rings. The zero-order valence-corrected chi connectivity index (χ0v) is 16.9. The summed E-state index contributed by atoms with van der Waals surface area (Å²) < 4.78 is 5.71. The van der Waals surface area contributed by atoms with Crippen LogP contribution in [0.25, 0.3) is 11.3 Å². The summed E-state index contributed by atoms with van der Waals surface area (Å²) in [6.45, 7) is 2.34. The van der Waals surface area contributed by atoms with Crippen LogP contribution < -0.4 is 15.6 Å². The van der Waals surface area contributed by atoms with Crippen LogP contribution in [-0.2, 0) is 6.61 Å². The molecule has 1 amide bonds. The van der Waals surface area contributed by atoms with E-state index in [1.807, 2.05) is 24.4 Å². The van der Waals surface area contributed by atoms with Crippen molar-refractivity contribution in [3.8, 4) is 17.0 Å². The first kappa shape index (κ1) is 19.5. The second kappa shape index (κ2) is 8.71. The fraction of sp³-hybridized carbons (Fsp3) is 0.0909. The number of aryl methyl sites for hydroxylation is 1. The third-order valence-electron chi connectivity index (χ3n) is 4.27. The van der Waals surface area contributed by atoms with Crippen LogP contribution in [0, 0.1) is 6.92 Å². The molecular formula is C22H18N4O3S. The van der Waals surface area contributed by atoms with Crippen molar-refractivity contribution in [2.45, 2.75) is 13.5 Å². The van der Waals surface area contributed by atoms with Gasteiger partial charge in [-0.1, -0.05) is 12.1 Å². The number of H-pyrrole nitrogens is 1. The predicted molar refractivity (Wildman–Crippen MR) is 116 cm³/mol. The standard InChI is InChI=1S/C22H18N4O3S/c1-14-23-18(13-30-14)12-29-19-7-5-15(6-8-19)22(28)24-17-4-2-3-16(11-17)20-9-10-21(27)26-25-20/h2-11,13H,12H2,1H3,(H,24,28)(H,26,27). The highest BCUT2D eigenvalue weighted by Crippen LogP contribution is 2.21. The number of benzene rings is 2. The minimum absolute atomic E-state index is 0.233. The summed E-state index contributed by atoms with van der Waals surface area (Å²) in [6, 6.07) is 17.2. The van der Waals surface area contributed by atoms with E-state index in [0.717, 1.165) is 16.3 Å². The molecule has 150 valence electrons. The van der Waals surface area contributed by atoms with Crippen LogP contribution in [0.4, 0.5) is 5.69 Å². The topological polar surface area (TPSA) is 97.0 Å². The zero-order chi connectivity index (χ0) is 20.9. The van der Waals surface area contributed by atoms with Gasteiger partial charge in [0.1, 0.15) is 12.4 Å². The maximum absolute atomic E-state index is 12.6. The van der Waals surface area contributed by atoms with Crippen molar-refractivity contribution in [1.82, 2.24) is 15.2 Å². The number of rotatable bonds is 6. The number of carbonyl (C=O) groups excluding carboxylic acids is 1. The lowest BCUT2D eigenvalue weighted by atomic mass is 10.1. The second-order valence-electron chi connectivity index (χ2n) is 6.51. The van der Waals surface area contributed by atoms with Gasteiger partial charge in [-0.25, -0.2) is 10.1 Å². The van der Waals surface area contributed by atoms with Crippen molar-refractivity contribution < 1.29 is 9.53 Å². The Morgan fingerprint density at radius 2 is 1.97 bits per heavy atom. The average molecular weight is 418 g/mol. The summed E-state index contributed by atoms with van der Waals surface area (Å²) in [5.74, 6) is 0.437. The summed E-state index contributed by atoms with van der Waals surface area (Å²) in [5.41, 5.74) is 3.16. The van der Waals surface area contributed by atoms with Crippen LogP contribution in [0.2, 0.25) is 0 Å². The molecule has 30 heavy (non-hydrogen) atoms. The molecule has 2 heterocycles. The average Bonchev–Trinajstić information content (AvgIpc) is 3.18. The Labute approximate surface area is 176 Å². The second-order valence-corrected chi connectivity index (χ2v) is 7.57. The predicted octanol–water partition coefficient (Wildman–Crippen LogP) is 4.03. The smallest absolute Gasteiger partial charge is 0.264 e. The van der Waals surface area contributed by atoms with Gasteiger partial charge in [-0.15, -0.1) is 11.3 Å². The van der Waals surface area contributed by atoms with Gasteiger partial charge in [0.2, 0.25) is 0 Å². The number of nitrogens with zero attached hydrogens (tertiary/aromatic N) is 2. The zero-order valence-electron chi connectivity index (χ0n) is 16.1. The third kappa shape index (κ3) is 4.79. The SMILES string of the molecule is Cc1nc(COc2ccc(C(=O)Nc3cccc(-c4ccc(=O)[nH]n4)c3)cc2)cs1. The molecule has 0 saturated carbocycles. The number of ether oxygens (including phenoxy) is 1. The number of aromatic nitrogens is 3. The quantitative estimate of drug-likeness (QED) is 0.493. The van der Waals surface area contributed by atoms with Crippen LogP contribution in [0.15, 0.2) is 70.8 Å². The highest BCUT2D eigenvalue weighted by molar-refractivity contribution is 7.09. The van der Waals surface area contributed by atoms with Gasteiger partial charge in [0.25, 0.3) is 11.5 Å². The van der Waals surface area contributed by atoms with Crippen LogP contribution in [-0.4, -0.2) is 21.1 Å². The molecule has 4 rings (SSSR count). The maximum Gasteiger partial charge on any atom is 0.264 e. The van der Waals surface area contributed by atoms with E-state index in [0.29, 0.717) is 29.3 Å². The Balaban J connectivity index is 1.40. The number of amides is 1. The van der Waals surface area contributed by atoms with E-state index in [1.165, 1.54) is 6.07 Å². The first-order valence-electron chi connectivity index (χ1n) is 9.18. The third-order valence-corrected chi connectivity index (χ3v) is 5.09. The van der Waals surface area contributed by atoms with Crippen molar-refractivity contribution in [3.63, 3.8) is 0 Å². The highest BCUT2D eigenvalue weighted by Gasteiger charge is 2.08. The largest absolute Gasteiger partial charge is 0.487 e. The van der Waals surface area contributed by atoms with E-state index < -0.39 is 0 Å². The summed E-state index contributed by atoms with van der Waals surface area (Å²) in [6.07, 6.45) is 0. The lowest BCUT2D eigenvalue weighted by molar-refractivity contribution is 0.102. The Morgan fingerprint density at radius 1 is 1.13 bits per heavy atom. The fourth-order valence-electron chi connectivity index (χ4n) is 2.80. The molecule has 0 radical (unpaired) electrons. The molecule has 2 aromatic carbocycles. The number of nitrogens with one attached hydrogen (secondary N) is 2. The van der Waals surface area contributed by atoms with E-state index in [-0.39, 0.29) is 11.5 Å². The van der Waals surface area contributed by atoms with E-state index >= 15 is 0 Å². The number of thiazole rings is 1. The molecule has 2 N–H and O–H groups in total.